The Morgan fingerprint density at radius 3 is 2.20 bits per heavy atom. The molecular weight excluding hydrogens is 385 g/mol. The van der Waals surface area contributed by atoms with Crippen LogP contribution < -0.4 is 0 Å². The lowest BCUT2D eigenvalue weighted by molar-refractivity contribution is -0.145. The highest BCUT2D eigenvalue weighted by molar-refractivity contribution is 5.85. The van der Waals surface area contributed by atoms with E-state index in [1.165, 1.54) is 17.0 Å². The molecule has 30 heavy (non-hydrogen) atoms. The van der Waals surface area contributed by atoms with Gasteiger partial charge in [-0.3, -0.25) is 9.59 Å². The minimum absolute atomic E-state index is 0.0606. The highest BCUT2D eigenvalue weighted by Gasteiger charge is 2.34. The number of aliphatic hydroxyl groups is 1. The Morgan fingerprint density at radius 1 is 1.03 bits per heavy atom. The van der Waals surface area contributed by atoms with E-state index in [2.05, 4.69) is 0 Å². The zero-order valence-corrected chi connectivity index (χ0v) is 17.9. The van der Waals surface area contributed by atoms with Gasteiger partial charge in [-0.2, -0.15) is 0 Å². The summed E-state index contributed by atoms with van der Waals surface area (Å²) in [5.41, 5.74) is 1.33. The first-order chi connectivity index (χ1) is 14.3. The number of esters is 1. The summed E-state index contributed by atoms with van der Waals surface area (Å²) in [6.45, 7) is 5.56. The Kier molecular flexibility index (Phi) is 8.54. The molecule has 0 saturated carbocycles. The van der Waals surface area contributed by atoms with Gasteiger partial charge < -0.3 is 14.7 Å². The molecule has 0 aliphatic carbocycles. The van der Waals surface area contributed by atoms with Crippen LogP contribution in [0.3, 0.4) is 0 Å². The zero-order chi connectivity index (χ0) is 22.3. The number of hydrogen-bond acceptors (Lipinski definition) is 4. The van der Waals surface area contributed by atoms with Crippen molar-refractivity contribution >= 4 is 11.9 Å². The molecule has 0 aliphatic rings. The first-order valence-electron chi connectivity index (χ1n) is 10.2. The second-order valence-electron chi connectivity index (χ2n) is 7.56. The first kappa shape index (κ1) is 23.5. The number of ether oxygens (including phenoxy) is 1. The number of nitrogens with zero attached hydrogens (tertiary/aromatic N) is 1. The Balaban J connectivity index is 2.28. The number of amides is 1. The van der Waals surface area contributed by atoms with Crippen molar-refractivity contribution in [3.63, 3.8) is 0 Å². The summed E-state index contributed by atoms with van der Waals surface area (Å²) in [6.07, 6.45) is -0.806. The number of halogens is 1. The van der Waals surface area contributed by atoms with Crippen LogP contribution in [0.2, 0.25) is 0 Å². The van der Waals surface area contributed by atoms with E-state index in [1.54, 1.807) is 52.1 Å². The quantitative estimate of drug-likeness (QED) is 0.627. The van der Waals surface area contributed by atoms with Crippen LogP contribution in [0.15, 0.2) is 54.6 Å². The van der Waals surface area contributed by atoms with Gasteiger partial charge in [0.2, 0.25) is 5.91 Å². The molecule has 0 radical (unpaired) electrons. The molecule has 2 aromatic carbocycles. The molecule has 0 aliphatic heterocycles. The lowest BCUT2D eigenvalue weighted by Crippen LogP contribution is -2.43. The summed E-state index contributed by atoms with van der Waals surface area (Å²) in [4.78, 5) is 27.0. The summed E-state index contributed by atoms with van der Waals surface area (Å²) in [6, 6.07) is 14.3. The Hall–Kier alpha value is -2.73. The van der Waals surface area contributed by atoms with Gasteiger partial charge in [0.05, 0.1) is 24.7 Å². The van der Waals surface area contributed by atoms with Crippen molar-refractivity contribution in [1.29, 1.82) is 0 Å². The van der Waals surface area contributed by atoms with E-state index in [0.29, 0.717) is 11.1 Å². The predicted octanol–water partition coefficient (Wildman–Crippen LogP) is 4.08. The maximum Gasteiger partial charge on any atom is 0.306 e. The van der Waals surface area contributed by atoms with Gasteiger partial charge in [0, 0.05) is 13.5 Å². The third-order valence-corrected chi connectivity index (χ3v) is 5.41. The van der Waals surface area contributed by atoms with Gasteiger partial charge in [-0.25, -0.2) is 4.39 Å². The molecule has 0 aromatic heterocycles. The number of aliphatic hydroxyl groups excluding tert-OH is 1. The van der Waals surface area contributed by atoms with Crippen LogP contribution in [0, 0.1) is 11.7 Å². The molecule has 0 saturated heterocycles. The van der Waals surface area contributed by atoms with Crippen molar-refractivity contribution in [3.8, 4) is 0 Å². The fourth-order valence-electron chi connectivity index (χ4n) is 3.55. The standard InChI is InChI=1S/C24H30FNO4/c1-5-30-21(27)15-16(2)22(18-11-13-20(25)14-12-18)24(29)26(4)17(3)23(28)19-9-7-6-8-10-19/h6-14,16-17,22-23,28H,5,15H2,1-4H3/t16-,17-,22-,23+/m1/s1. The van der Waals surface area contributed by atoms with Gasteiger partial charge in [-0.15, -0.1) is 0 Å². The largest absolute Gasteiger partial charge is 0.466 e. The van der Waals surface area contributed by atoms with Crippen LogP contribution in [0.4, 0.5) is 4.39 Å². The summed E-state index contributed by atoms with van der Waals surface area (Å²) in [5, 5.41) is 10.7. The van der Waals surface area contributed by atoms with Crippen LogP contribution in [0.1, 0.15) is 50.3 Å². The highest BCUT2D eigenvalue weighted by Crippen LogP contribution is 2.31. The summed E-state index contributed by atoms with van der Waals surface area (Å²) in [5.74, 6) is -2.08. The molecule has 0 unspecified atom stereocenters. The van der Waals surface area contributed by atoms with E-state index in [9.17, 15) is 19.1 Å². The minimum atomic E-state index is -0.866. The number of benzene rings is 2. The van der Waals surface area contributed by atoms with E-state index in [-0.39, 0.29) is 30.8 Å². The van der Waals surface area contributed by atoms with Crippen molar-refractivity contribution in [1.82, 2.24) is 4.90 Å². The van der Waals surface area contributed by atoms with Crippen molar-refractivity contribution in [2.45, 2.75) is 45.3 Å². The molecule has 6 heteroatoms. The smallest absolute Gasteiger partial charge is 0.306 e. The highest BCUT2D eigenvalue weighted by atomic mass is 19.1. The molecule has 5 nitrogen and oxygen atoms in total. The lowest BCUT2D eigenvalue weighted by Gasteiger charge is -2.34. The van der Waals surface area contributed by atoms with Gasteiger partial charge in [-0.1, -0.05) is 49.4 Å². The second kappa shape index (κ2) is 10.9. The molecule has 0 spiro atoms. The van der Waals surface area contributed by atoms with Crippen LogP contribution in [0.25, 0.3) is 0 Å². The number of carbonyl (C=O) groups excluding carboxylic acids is 2. The summed E-state index contributed by atoms with van der Waals surface area (Å²) >= 11 is 0. The average Bonchev–Trinajstić information content (AvgIpc) is 2.74. The van der Waals surface area contributed by atoms with Crippen LogP contribution >= 0.6 is 0 Å². The van der Waals surface area contributed by atoms with E-state index >= 15 is 0 Å². The molecule has 0 bridgehead atoms. The molecule has 4 atom stereocenters. The van der Waals surface area contributed by atoms with Gasteiger partial charge in [-0.05, 0) is 43.0 Å². The van der Waals surface area contributed by atoms with Crippen molar-refractivity contribution in [2.75, 3.05) is 13.7 Å². The van der Waals surface area contributed by atoms with E-state index < -0.39 is 23.9 Å². The second-order valence-corrected chi connectivity index (χ2v) is 7.56. The molecule has 162 valence electrons. The minimum Gasteiger partial charge on any atom is -0.466 e. The third kappa shape index (κ3) is 5.89. The zero-order valence-electron chi connectivity index (χ0n) is 17.9. The van der Waals surface area contributed by atoms with Gasteiger partial charge in [0.15, 0.2) is 0 Å². The van der Waals surface area contributed by atoms with E-state index in [4.69, 9.17) is 4.74 Å². The molecule has 1 N–H and O–H groups in total. The van der Waals surface area contributed by atoms with Crippen molar-refractivity contribution in [2.24, 2.45) is 5.92 Å². The topological polar surface area (TPSA) is 66.8 Å². The summed E-state index contributed by atoms with van der Waals surface area (Å²) in [7, 11) is 1.63. The number of hydrogen-bond donors (Lipinski definition) is 1. The number of carbonyl (C=O) groups is 2. The number of likely N-dealkylation sites (N-methyl/N-ethyl adjacent to an activating group) is 1. The van der Waals surface area contributed by atoms with E-state index in [0.717, 1.165) is 0 Å². The van der Waals surface area contributed by atoms with Crippen LogP contribution in [-0.4, -0.2) is 41.6 Å². The Bertz CT molecular complexity index is 825. The average molecular weight is 416 g/mol. The number of rotatable bonds is 9. The predicted molar refractivity (Wildman–Crippen MR) is 113 cm³/mol. The Morgan fingerprint density at radius 2 is 1.63 bits per heavy atom. The Labute approximate surface area is 177 Å². The van der Waals surface area contributed by atoms with Crippen molar-refractivity contribution in [3.05, 3.63) is 71.5 Å². The summed E-state index contributed by atoms with van der Waals surface area (Å²) < 4.78 is 18.5. The SMILES string of the molecule is CCOC(=O)C[C@@H](C)[C@@H](C(=O)N(C)[C@H](C)[C@H](O)c1ccccc1)c1ccc(F)cc1. The molecule has 1 amide bonds. The molecule has 2 aromatic rings. The third-order valence-electron chi connectivity index (χ3n) is 5.41. The van der Waals surface area contributed by atoms with Gasteiger partial charge in [0.1, 0.15) is 5.82 Å². The monoisotopic (exact) mass is 415 g/mol. The van der Waals surface area contributed by atoms with Crippen LogP contribution in [-0.2, 0) is 14.3 Å². The molecule has 0 fully saturated rings. The first-order valence-corrected chi connectivity index (χ1v) is 10.2. The fraction of sp³-hybridized carbons (Fsp3) is 0.417. The lowest BCUT2D eigenvalue weighted by atomic mass is 9.83. The van der Waals surface area contributed by atoms with Crippen LogP contribution in [0.5, 0.6) is 0 Å². The van der Waals surface area contributed by atoms with Gasteiger partial charge >= 0.3 is 5.97 Å². The normalized spacial score (nSPS) is 15.0. The fourth-order valence-corrected chi connectivity index (χ4v) is 3.55. The van der Waals surface area contributed by atoms with Crippen molar-refractivity contribution < 1.29 is 23.8 Å². The molecule has 0 heterocycles. The maximum absolute atomic E-state index is 13.5. The molecule has 2 rings (SSSR count). The molecular formula is C24H30FNO4. The maximum atomic E-state index is 13.5. The van der Waals surface area contributed by atoms with Gasteiger partial charge in [0.25, 0.3) is 0 Å². The van der Waals surface area contributed by atoms with E-state index in [1.807, 2.05) is 18.2 Å².